The van der Waals surface area contributed by atoms with Gasteiger partial charge in [-0.15, -0.1) is 0 Å². The largest absolute Gasteiger partial charge is 0.245 e. The van der Waals surface area contributed by atoms with Crippen LogP contribution in [0.4, 0.5) is 0 Å². The molecule has 1 aromatic heterocycles. The van der Waals surface area contributed by atoms with Gasteiger partial charge in [-0.1, -0.05) is 40.0 Å². The number of hydrogen-bond acceptors (Lipinski definition) is 2. The minimum absolute atomic E-state index is 0.713. The first-order chi connectivity index (χ1) is 9.29. The third-order valence-electron chi connectivity index (χ3n) is 3.66. The first-order valence-electron chi connectivity index (χ1n) is 7.81. The van der Waals surface area contributed by atoms with E-state index in [2.05, 4.69) is 36.8 Å². The van der Waals surface area contributed by atoms with Crippen LogP contribution < -0.4 is 0 Å². The molecule has 0 saturated carbocycles. The Bertz CT molecular complexity index is 305. The third-order valence-corrected chi connectivity index (χ3v) is 8.00. The lowest BCUT2D eigenvalue weighted by Crippen LogP contribution is -2.16. The molecule has 110 valence electrons. The number of unbranched alkanes of at least 4 members (excludes halogenated alkanes) is 3. The van der Waals surface area contributed by atoms with Gasteiger partial charge in [0.25, 0.3) is 0 Å². The zero-order valence-electron chi connectivity index (χ0n) is 12.9. The molecule has 0 amide bonds. The van der Waals surface area contributed by atoms with Crippen LogP contribution in [0.5, 0.6) is 0 Å². The summed E-state index contributed by atoms with van der Waals surface area (Å²) in [4.78, 5) is 8.74. The monoisotopic (exact) mass is 282 g/mol. The van der Waals surface area contributed by atoms with Gasteiger partial charge < -0.3 is 0 Å². The summed E-state index contributed by atoms with van der Waals surface area (Å²) in [5.74, 6) is 4.08. The highest BCUT2D eigenvalue weighted by atomic mass is 32.3. The molecule has 0 spiro atoms. The average Bonchev–Trinajstić information content (AvgIpc) is 2.48. The Labute approximate surface area is 120 Å². The lowest BCUT2D eigenvalue weighted by molar-refractivity contribution is 0.838. The molecular formula is C16H30N2S. The van der Waals surface area contributed by atoms with E-state index >= 15 is 0 Å². The van der Waals surface area contributed by atoms with Crippen molar-refractivity contribution in [2.75, 3.05) is 17.3 Å². The molecule has 1 heterocycles. The van der Waals surface area contributed by atoms with Crippen LogP contribution in [0.2, 0.25) is 0 Å². The lowest BCUT2D eigenvalue weighted by Gasteiger charge is -2.40. The van der Waals surface area contributed by atoms with E-state index in [9.17, 15) is 0 Å². The third kappa shape index (κ3) is 5.13. The maximum Gasteiger partial charge on any atom is 0.116 e. The first-order valence-corrected chi connectivity index (χ1v) is 9.95. The summed E-state index contributed by atoms with van der Waals surface area (Å²) in [7, 11) is -0.713. The van der Waals surface area contributed by atoms with Crippen LogP contribution in [0, 0.1) is 0 Å². The molecule has 1 rings (SSSR count). The van der Waals surface area contributed by atoms with Gasteiger partial charge in [-0.3, -0.25) is 0 Å². The standard InChI is InChI=1S/C16H30N2S/c1-4-7-12-19(13-8-5-2,14-9-6-3)16-10-11-17-15-18-16/h10-11,15H,4-9,12-14H2,1-3H3. The number of hydrogen-bond donors (Lipinski definition) is 0. The fraction of sp³-hybridized carbons (Fsp3) is 0.750. The molecule has 0 unspecified atom stereocenters. The molecule has 0 saturated heterocycles. The predicted octanol–water partition coefficient (Wildman–Crippen LogP) is 5.04. The number of nitrogens with zero attached hydrogens (tertiary/aromatic N) is 2. The maximum absolute atomic E-state index is 4.64. The van der Waals surface area contributed by atoms with Gasteiger partial charge in [0.2, 0.25) is 0 Å². The van der Waals surface area contributed by atoms with Crippen molar-refractivity contribution >= 4 is 10.0 Å². The van der Waals surface area contributed by atoms with Gasteiger partial charge in [0.05, 0.1) is 5.03 Å². The van der Waals surface area contributed by atoms with Crippen LogP contribution in [0.25, 0.3) is 0 Å². The van der Waals surface area contributed by atoms with Crippen LogP contribution in [-0.2, 0) is 0 Å². The predicted molar refractivity (Wildman–Crippen MR) is 87.2 cm³/mol. The second-order valence-corrected chi connectivity index (χ2v) is 9.00. The van der Waals surface area contributed by atoms with Crippen LogP contribution in [0.15, 0.2) is 23.6 Å². The van der Waals surface area contributed by atoms with Crippen molar-refractivity contribution in [1.29, 1.82) is 0 Å². The van der Waals surface area contributed by atoms with Gasteiger partial charge in [-0.25, -0.2) is 9.97 Å². The Morgan fingerprint density at radius 2 is 1.42 bits per heavy atom. The molecule has 0 aliphatic heterocycles. The summed E-state index contributed by atoms with van der Waals surface area (Å²) in [6.07, 6.45) is 11.6. The van der Waals surface area contributed by atoms with Crippen LogP contribution >= 0.6 is 10.0 Å². The molecule has 2 nitrogen and oxygen atoms in total. The highest BCUT2D eigenvalue weighted by molar-refractivity contribution is 8.33. The zero-order chi connectivity index (χ0) is 14.0. The van der Waals surface area contributed by atoms with E-state index in [1.165, 1.54) is 60.8 Å². The van der Waals surface area contributed by atoms with Gasteiger partial charge in [0.1, 0.15) is 6.33 Å². The second-order valence-electron chi connectivity index (χ2n) is 5.27. The highest BCUT2D eigenvalue weighted by Crippen LogP contribution is 2.56. The molecular weight excluding hydrogens is 252 g/mol. The molecule has 1 aromatic rings. The quantitative estimate of drug-likeness (QED) is 0.562. The average molecular weight is 282 g/mol. The Kier molecular flexibility index (Phi) is 8.11. The van der Waals surface area contributed by atoms with Crippen LogP contribution in [-0.4, -0.2) is 27.2 Å². The number of rotatable bonds is 10. The van der Waals surface area contributed by atoms with Crippen molar-refractivity contribution < 1.29 is 0 Å². The summed E-state index contributed by atoms with van der Waals surface area (Å²) in [5.41, 5.74) is 0. The molecule has 3 heteroatoms. The lowest BCUT2D eigenvalue weighted by atomic mass is 10.4. The van der Waals surface area contributed by atoms with Crippen LogP contribution in [0.3, 0.4) is 0 Å². The minimum Gasteiger partial charge on any atom is -0.245 e. The Morgan fingerprint density at radius 3 is 1.79 bits per heavy atom. The fourth-order valence-electron chi connectivity index (χ4n) is 2.42. The second kappa shape index (κ2) is 9.35. The van der Waals surface area contributed by atoms with E-state index in [0.29, 0.717) is 0 Å². The van der Waals surface area contributed by atoms with E-state index in [4.69, 9.17) is 0 Å². The Balaban J connectivity index is 2.94. The van der Waals surface area contributed by atoms with E-state index in [-0.39, 0.29) is 0 Å². The molecule has 0 aromatic carbocycles. The summed E-state index contributed by atoms with van der Waals surface area (Å²) in [5, 5.41) is 1.36. The summed E-state index contributed by atoms with van der Waals surface area (Å²) >= 11 is 0. The van der Waals surface area contributed by atoms with E-state index in [1.807, 2.05) is 6.20 Å². The van der Waals surface area contributed by atoms with Gasteiger partial charge in [0, 0.05) is 6.20 Å². The Hall–Kier alpha value is -0.570. The molecule has 0 aliphatic rings. The van der Waals surface area contributed by atoms with Crippen molar-refractivity contribution in [3.8, 4) is 0 Å². The van der Waals surface area contributed by atoms with E-state index in [1.54, 1.807) is 6.33 Å². The first kappa shape index (κ1) is 16.5. The molecule has 0 N–H and O–H groups in total. The van der Waals surface area contributed by atoms with Crippen molar-refractivity contribution in [3.05, 3.63) is 18.6 Å². The normalized spacial score (nSPS) is 12.6. The summed E-state index contributed by atoms with van der Waals surface area (Å²) in [6.45, 7) is 6.89. The molecule has 0 fully saturated rings. The topological polar surface area (TPSA) is 25.8 Å². The van der Waals surface area contributed by atoms with Gasteiger partial charge in [0.15, 0.2) is 0 Å². The van der Waals surface area contributed by atoms with E-state index < -0.39 is 10.0 Å². The number of aromatic nitrogens is 2. The smallest absolute Gasteiger partial charge is 0.116 e. The maximum atomic E-state index is 4.64. The molecule has 19 heavy (non-hydrogen) atoms. The highest BCUT2D eigenvalue weighted by Gasteiger charge is 2.26. The minimum atomic E-state index is -0.713. The van der Waals surface area contributed by atoms with Gasteiger partial charge in [-0.05, 0) is 42.6 Å². The summed E-state index contributed by atoms with van der Waals surface area (Å²) < 4.78 is 0. The van der Waals surface area contributed by atoms with E-state index in [0.717, 1.165) is 0 Å². The molecule has 0 bridgehead atoms. The SMILES string of the molecule is CCCCS(CCCC)(CCCC)c1ccncn1. The molecule has 0 atom stereocenters. The Morgan fingerprint density at radius 1 is 0.895 bits per heavy atom. The van der Waals surface area contributed by atoms with Crippen molar-refractivity contribution in [3.63, 3.8) is 0 Å². The van der Waals surface area contributed by atoms with Crippen LogP contribution in [0.1, 0.15) is 59.3 Å². The zero-order valence-corrected chi connectivity index (χ0v) is 13.7. The molecule has 0 aliphatic carbocycles. The fourth-order valence-corrected chi connectivity index (χ4v) is 6.80. The van der Waals surface area contributed by atoms with Crippen molar-refractivity contribution in [1.82, 2.24) is 9.97 Å². The van der Waals surface area contributed by atoms with Crippen molar-refractivity contribution in [2.24, 2.45) is 0 Å². The van der Waals surface area contributed by atoms with Gasteiger partial charge in [-0.2, -0.15) is 10.0 Å². The summed E-state index contributed by atoms with van der Waals surface area (Å²) in [6, 6.07) is 2.18. The van der Waals surface area contributed by atoms with Gasteiger partial charge >= 0.3 is 0 Å². The van der Waals surface area contributed by atoms with Crippen molar-refractivity contribution in [2.45, 2.75) is 64.3 Å². The molecule has 0 radical (unpaired) electrons.